The molecule has 0 radical (unpaired) electrons. The number of rotatable bonds is 2. The molecule has 0 atom stereocenters. The van der Waals surface area contributed by atoms with Crippen LogP contribution in [-0.4, -0.2) is 10.9 Å². The van der Waals surface area contributed by atoms with Crippen LogP contribution >= 0.6 is 27.3 Å². The molecule has 2 aromatic rings. The molecule has 0 spiro atoms. The zero-order valence-corrected chi connectivity index (χ0v) is 9.56. The molecule has 1 amide bonds. The number of hydrogen-bond donors (Lipinski definition) is 1. The normalized spacial score (nSPS) is 10.6. The minimum Gasteiger partial charge on any atom is -0.369 e. The lowest BCUT2D eigenvalue weighted by molar-refractivity contribution is -0.117. The molecule has 0 aliphatic rings. The molecule has 1 heterocycles. The fourth-order valence-corrected chi connectivity index (χ4v) is 2.48. The van der Waals surface area contributed by atoms with Gasteiger partial charge in [-0.15, -0.1) is 11.3 Å². The number of nitrogens with zero attached hydrogens (tertiary/aromatic N) is 1. The molecular weight excluding hydrogens is 264 g/mol. The van der Waals surface area contributed by atoms with Gasteiger partial charge in [0.15, 0.2) is 0 Å². The summed E-state index contributed by atoms with van der Waals surface area (Å²) in [5.74, 6) is -0.344. The third kappa shape index (κ3) is 1.93. The molecule has 1 aromatic carbocycles. The molecule has 0 bridgehead atoms. The third-order valence-corrected chi connectivity index (χ3v) is 3.25. The fourth-order valence-electron chi connectivity index (χ4n) is 1.17. The van der Waals surface area contributed by atoms with Crippen molar-refractivity contribution in [1.29, 1.82) is 0 Å². The maximum Gasteiger partial charge on any atom is 0.224 e. The lowest BCUT2D eigenvalue weighted by Crippen LogP contribution is -2.13. The van der Waals surface area contributed by atoms with Crippen molar-refractivity contribution >= 4 is 43.4 Å². The van der Waals surface area contributed by atoms with E-state index in [4.69, 9.17) is 5.73 Å². The van der Waals surface area contributed by atoms with Crippen LogP contribution in [0.1, 0.15) is 5.01 Å². The first-order chi connectivity index (χ1) is 6.65. The largest absolute Gasteiger partial charge is 0.369 e. The number of carbonyl (C=O) groups excluding carboxylic acids is 1. The van der Waals surface area contributed by atoms with Crippen LogP contribution in [0.15, 0.2) is 22.7 Å². The van der Waals surface area contributed by atoms with Gasteiger partial charge in [0, 0.05) is 4.47 Å². The highest BCUT2D eigenvalue weighted by molar-refractivity contribution is 9.10. The van der Waals surface area contributed by atoms with Crippen LogP contribution in [-0.2, 0) is 11.2 Å². The van der Waals surface area contributed by atoms with E-state index in [1.807, 2.05) is 18.2 Å². The van der Waals surface area contributed by atoms with Crippen LogP contribution in [0.3, 0.4) is 0 Å². The quantitative estimate of drug-likeness (QED) is 0.909. The molecular formula is C9H7BrN2OS. The van der Waals surface area contributed by atoms with Crippen LogP contribution in [0.5, 0.6) is 0 Å². The highest BCUT2D eigenvalue weighted by Gasteiger charge is 2.06. The van der Waals surface area contributed by atoms with Crippen LogP contribution in [0.4, 0.5) is 0 Å². The van der Waals surface area contributed by atoms with Crippen molar-refractivity contribution in [1.82, 2.24) is 4.98 Å². The van der Waals surface area contributed by atoms with Gasteiger partial charge in [-0.25, -0.2) is 4.98 Å². The average Bonchev–Trinajstić information content (AvgIpc) is 2.44. The number of benzene rings is 1. The summed E-state index contributed by atoms with van der Waals surface area (Å²) < 4.78 is 2.06. The Kier molecular flexibility index (Phi) is 2.52. The van der Waals surface area contributed by atoms with E-state index in [0.29, 0.717) is 0 Å². The molecule has 3 nitrogen and oxygen atoms in total. The molecule has 5 heteroatoms. The van der Waals surface area contributed by atoms with Crippen LogP contribution in [0.25, 0.3) is 10.2 Å². The van der Waals surface area contributed by atoms with Crippen molar-refractivity contribution in [3.63, 3.8) is 0 Å². The predicted octanol–water partition coefficient (Wildman–Crippen LogP) is 2.09. The Balaban J connectivity index is 2.46. The summed E-state index contributed by atoms with van der Waals surface area (Å²) >= 11 is 4.87. The summed E-state index contributed by atoms with van der Waals surface area (Å²) in [4.78, 5) is 15.0. The van der Waals surface area contributed by atoms with Crippen LogP contribution in [0, 0.1) is 0 Å². The van der Waals surface area contributed by atoms with Crippen molar-refractivity contribution in [3.8, 4) is 0 Å². The Morgan fingerprint density at radius 3 is 3.07 bits per heavy atom. The summed E-state index contributed by atoms with van der Waals surface area (Å²) in [5.41, 5.74) is 6.00. The number of hydrogen-bond acceptors (Lipinski definition) is 3. The molecule has 0 aliphatic heterocycles. The summed E-state index contributed by atoms with van der Waals surface area (Å²) in [7, 11) is 0. The molecule has 2 rings (SSSR count). The number of primary amides is 1. The highest BCUT2D eigenvalue weighted by atomic mass is 79.9. The molecule has 0 aliphatic carbocycles. The first kappa shape index (κ1) is 9.61. The second-order valence-electron chi connectivity index (χ2n) is 2.86. The van der Waals surface area contributed by atoms with Gasteiger partial charge in [0.05, 0.1) is 16.6 Å². The number of halogens is 1. The average molecular weight is 271 g/mol. The monoisotopic (exact) mass is 270 g/mol. The topological polar surface area (TPSA) is 56.0 Å². The second kappa shape index (κ2) is 3.67. The van der Waals surface area contributed by atoms with Crippen LogP contribution < -0.4 is 5.73 Å². The molecule has 2 N–H and O–H groups in total. The second-order valence-corrected chi connectivity index (χ2v) is 4.89. The highest BCUT2D eigenvalue weighted by Crippen LogP contribution is 2.25. The Labute approximate surface area is 93.1 Å². The standard InChI is InChI=1S/C9H7BrN2OS/c10-5-1-2-7-6(3-5)12-9(14-7)4-8(11)13/h1-3H,4H2,(H2,11,13). The van der Waals surface area contributed by atoms with Gasteiger partial charge in [0.1, 0.15) is 5.01 Å². The summed E-state index contributed by atoms with van der Waals surface area (Å²) in [5, 5.41) is 0.769. The van der Waals surface area contributed by atoms with E-state index in [1.54, 1.807) is 0 Å². The molecule has 14 heavy (non-hydrogen) atoms. The summed E-state index contributed by atoms with van der Waals surface area (Å²) in [6, 6.07) is 5.85. The minimum absolute atomic E-state index is 0.219. The van der Waals surface area contributed by atoms with Crippen molar-refractivity contribution < 1.29 is 4.79 Å². The predicted molar refractivity (Wildman–Crippen MR) is 60.2 cm³/mol. The van der Waals surface area contributed by atoms with E-state index in [0.717, 1.165) is 19.7 Å². The Morgan fingerprint density at radius 1 is 1.57 bits per heavy atom. The zero-order chi connectivity index (χ0) is 10.1. The van der Waals surface area contributed by atoms with Gasteiger partial charge in [0.2, 0.25) is 5.91 Å². The number of carbonyl (C=O) groups is 1. The van der Waals surface area contributed by atoms with Crippen molar-refractivity contribution in [2.24, 2.45) is 5.73 Å². The van der Waals surface area contributed by atoms with Crippen molar-refractivity contribution in [2.45, 2.75) is 6.42 Å². The van der Waals surface area contributed by atoms with E-state index in [9.17, 15) is 4.79 Å². The molecule has 0 saturated carbocycles. The van der Waals surface area contributed by atoms with Gasteiger partial charge in [0.25, 0.3) is 0 Å². The van der Waals surface area contributed by atoms with Crippen molar-refractivity contribution in [2.75, 3.05) is 0 Å². The van der Waals surface area contributed by atoms with E-state index in [2.05, 4.69) is 20.9 Å². The SMILES string of the molecule is NC(=O)Cc1nc2cc(Br)ccc2s1. The summed E-state index contributed by atoms with van der Waals surface area (Å²) in [6.45, 7) is 0. The number of nitrogens with two attached hydrogens (primary N) is 1. The lowest BCUT2D eigenvalue weighted by Gasteiger charge is -1.87. The molecule has 1 aromatic heterocycles. The Morgan fingerprint density at radius 2 is 2.36 bits per heavy atom. The van der Waals surface area contributed by atoms with E-state index in [1.165, 1.54) is 11.3 Å². The molecule has 72 valence electrons. The molecule has 0 saturated heterocycles. The van der Waals surface area contributed by atoms with Gasteiger partial charge in [-0.2, -0.15) is 0 Å². The fraction of sp³-hybridized carbons (Fsp3) is 0.111. The maximum atomic E-state index is 10.7. The Hall–Kier alpha value is -0.940. The van der Waals surface area contributed by atoms with E-state index >= 15 is 0 Å². The van der Waals surface area contributed by atoms with Crippen molar-refractivity contribution in [3.05, 3.63) is 27.7 Å². The smallest absolute Gasteiger partial charge is 0.224 e. The lowest BCUT2D eigenvalue weighted by atomic mass is 10.3. The van der Waals surface area contributed by atoms with E-state index < -0.39 is 0 Å². The Bertz CT molecular complexity index is 495. The van der Waals surface area contributed by atoms with Gasteiger partial charge in [-0.3, -0.25) is 4.79 Å². The maximum absolute atomic E-state index is 10.7. The molecule has 0 fully saturated rings. The number of amides is 1. The van der Waals surface area contributed by atoms with Gasteiger partial charge >= 0.3 is 0 Å². The number of aromatic nitrogens is 1. The zero-order valence-electron chi connectivity index (χ0n) is 7.16. The minimum atomic E-state index is -0.344. The first-order valence-electron chi connectivity index (χ1n) is 3.98. The van der Waals surface area contributed by atoms with Gasteiger partial charge in [-0.1, -0.05) is 15.9 Å². The third-order valence-electron chi connectivity index (χ3n) is 1.72. The van der Waals surface area contributed by atoms with Gasteiger partial charge < -0.3 is 5.73 Å². The van der Waals surface area contributed by atoms with Crippen LogP contribution in [0.2, 0.25) is 0 Å². The number of thiazole rings is 1. The van der Waals surface area contributed by atoms with E-state index in [-0.39, 0.29) is 12.3 Å². The summed E-state index contributed by atoms with van der Waals surface area (Å²) in [6.07, 6.45) is 0.219. The number of fused-ring (bicyclic) bond motifs is 1. The molecule has 0 unspecified atom stereocenters. The van der Waals surface area contributed by atoms with Gasteiger partial charge in [-0.05, 0) is 18.2 Å². The first-order valence-corrected chi connectivity index (χ1v) is 5.59.